The summed E-state index contributed by atoms with van der Waals surface area (Å²) in [5.41, 5.74) is 4.03. The van der Waals surface area contributed by atoms with Crippen molar-refractivity contribution in [2.75, 3.05) is 0 Å². The summed E-state index contributed by atoms with van der Waals surface area (Å²) >= 11 is 0. The maximum atomic E-state index is 11.0. The fraction of sp³-hybridized carbons (Fsp3) is 0.786. The number of carboxylic acids is 2. The fourth-order valence-electron chi connectivity index (χ4n) is 0.923. The van der Waals surface area contributed by atoms with E-state index in [0.717, 1.165) is 0 Å². The molecule has 8 nitrogen and oxygen atoms in total. The Morgan fingerprint density at radius 3 is 1.52 bits per heavy atom. The van der Waals surface area contributed by atoms with Gasteiger partial charge in [0.2, 0.25) is 0 Å². The van der Waals surface area contributed by atoms with Gasteiger partial charge in [0, 0.05) is 6.42 Å². The first kappa shape index (κ1) is 26.4. The number of aliphatic carboxylic acids is 2. The second-order valence-corrected chi connectivity index (χ2v) is 6.56. The zero-order chi connectivity index (χ0) is 18.1. The molecule has 0 aromatic rings. The summed E-state index contributed by atoms with van der Waals surface area (Å²) in [7, 11) is 0. The zero-order valence-corrected chi connectivity index (χ0v) is 15.2. The fourth-order valence-corrected chi connectivity index (χ4v) is 0.923. The van der Waals surface area contributed by atoms with Crippen molar-refractivity contribution in [2.45, 2.75) is 71.6 Å². The van der Waals surface area contributed by atoms with E-state index in [1.54, 1.807) is 41.5 Å². The van der Waals surface area contributed by atoms with E-state index in [-0.39, 0.29) is 25.2 Å². The van der Waals surface area contributed by atoms with Crippen molar-refractivity contribution in [1.82, 2.24) is 0 Å². The highest BCUT2D eigenvalue weighted by molar-refractivity contribution is 5.85. The van der Waals surface area contributed by atoms with Crippen LogP contribution < -0.4 is 5.73 Å². The number of hydrogen-bond donors (Lipinski definition) is 3. The largest absolute Gasteiger partial charge is 0.509 e. The van der Waals surface area contributed by atoms with Gasteiger partial charge in [-0.2, -0.15) is 0 Å². The van der Waals surface area contributed by atoms with E-state index in [0.29, 0.717) is 0 Å². The molecule has 0 aromatic carbocycles. The number of ether oxygens (including phenoxy) is 2. The van der Waals surface area contributed by atoms with Crippen LogP contribution in [0.3, 0.4) is 0 Å². The van der Waals surface area contributed by atoms with Crippen molar-refractivity contribution in [3.63, 3.8) is 0 Å². The smallest absolute Gasteiger partial charge is 0.481 e. The first-order valence-corrected chi connectivity index (χ1v) is 6.76. The number of carbonyl (C=O) groups is 3. The number of hydrogen-bond acceptors (Lipinski definition) is 6. The minimum Gasteiger partial charge on any atom is -0.481 e. The van der Waals surface area contributed by atoms with Crippen LogP contribution in [0.2, 0.25) is 0 Å². The Balaban J connectivity index is -0.000000338. The Bertz CT molecular complexity index is 368. The Morgan fingerprint density at radius 2 is 1.30 bits per heavy atom. The maximum absolute atomic E-state index is 11.0. The van der Waals surface area contributed by atoms with E-state index in [4.69, 9.17) is 25.4 Å². The van der Waals surface area contributed by atoms with Crippen LogP contribution in [-0.2, 0) is 19.1 Å². The molecule has 0 rings (SSSR count). The number of carbonyl (C=O) groups excluding carboxylic acids is 1. The molecule has 0 amide bonds. The maximum Gasteiger partial charge on any atom is 0.509 e. The number of nitrogens with two attached hydrogens (primary N) is 1. The van der Waals surface area contributed by atoms with E-state index >= 15 is 0 Å². The molecule has 0 saturated heterocycles. The summed E-state index contributed by atoms with van der Waals surface area (Å²) < 4.78 is 9.91. The average Bonchev–Trinajstić information content (AvgIpc) is 2.20. The molecule has 1 atom stereocenters. The Kier molecular flexibility index (Phi) is 12.7. The van der Waals surface area contributed by atoms with Crippen LogP contribution in [0.5, 0.6) is 0 Å². The lowest BCUT2D eigenvalue weighted by molar-refractivity contribution is -0.139. The molecule has 23 heavy (non-hydrogen) atoms. The number of halogens is 1. The highest BCUT2D eigenvalue weighted by Gasteiger charge is 2.22. The number of carboxylic acid groups (broad SMARTS) is 2. The van der Waals surface area contributed by atoms with Crippen molar-refractivity contribution in [3.05, 3.63) is 0 Å². The van der Waals surface area contributed by atoms with Gasteiger partial charge in [0.05, 0.1) is 0 Å². The molecule has 0 spiro atoms. The third-order valence-electron chi connectivity index (χ3n) is 1.77. The standard InChI is InChI=1S/C9H18O3.C5H9NO4.ClH/c1-8(2,3)11-7(10)12-9(4,5)6;6-3(5(9)10)1-2-4(7)8;/h1-6H3;3H,1-2,6H2,(H,7,8)(H,9,10);1H/t;3-;/m.0./s1. The van der Waals surface area contributed by atoms with E-state index in [1.165, 1.54) is 0 Å². The average molecular weight is 358 g/mol. The van der Waals surface area contributed by atoms with E-state index < -0.39 is 35.3 Å². The highest BCUT2D eigenvalue weighted by atomic mass is 35.5. The Morgan fingerprint density at radius 1 is 0.957 bits per heavy atom. The van der Waals surface area contributed by atoms with Crippen LogP contribution in [0.4, 0.5) is 4.79 Å². The molecule has 0 unspecified atom stereocenters. The van der Waals surface area contributed by atoms with Crippen molar-refractivity contribution in [1.29, 1.82) is 0 Å². The van der Waals surface area contributed by atoms with Gasteiger partial charge in [0.1, 0.15) is 17.2 Å². The highest BCUT2D eigenvalue weighted by Crippen LogP contribution is 2.13. The van der Waals surface area contributed by atoms with Crippen LogP contribution in [0.25, 0.3) is 0 Å². The van der Waals surface area contributed by atoms with Gasteiger partial charge in [-0.3, -0.25) is 9.59 Å². The third-order valence-corrected chi connectivity index (χ3v) is 1.77. The summed E-state index contributed by atoms with van der Waals surface area (Å²) in [5.74, 6) is -2.20. The summed E-state index contributed by atoms with van der Waals surface area (Å²) in [6, 6.07) is -1.06. The van der Waals surface area contributed by atoms with Crippen molar-refractivity contribution in [2.24, 2.45) is 5.73 Å². The van der Waals surface area contributed by atoms with Crippen LogP contribution >= 0.6 is 12.4 Å². The molecular formula is C14H28ClNO7. The van der Waals surface area contributed by atoms with Gasteiger partial charge in [-0.15, -0.1) is 12.4 Å². The zero-order valence-electron chi connectivity index (χ0n) is 14.4. The van der Waals surface area contributed by atoms with Gasteiger partial charge in [0.15, 0.2) is 0 Å². The van der Waals surface area contributed by atoms with Crippen LogP contribution in [0.1, 0.15) is 54.4 Å². The van der Waals surface area contributed by atoms with Crippen LogP contribution in [-0.4, -0.2) is 45.6 Å². The number of rotatable bonds is 4. The van der Waals surface area contributed by atoms with Gasteiger partial charge >= 0.3 is 18.1 Å². The van der Waals surface area contributed by atoms with Crippen molar-refractivity contribution in [3.8, 4) is 0 Å². The molecule has 0 aliphatic carbocycles. The van der Waals surface area contributed by atoms with Gasteiger partial charge in [-0.25, -0.2) is 4.79 Å². The molecule has 138 valence electrons. The van der Waals surface area contributed by atoms with Crippen LogP contribution in [0.15, 0.2) is 0 Å². The second kappa shape index (κ2) is 11.1. The van der Waals surface area contributed by atoms with E-state index in [2.05, 4.69) is 0 Å². The second-order valence-electron chi connectivity index (χ2n) is 6.56. The lowest BCUT2D eigenvalue weighted by atomic mass is 10.2. The molecule has 9 heteroatoms. The van der Waals surface area contributed by atoms with Gasteiger partial charge in [-0.1, -0.05) is 0 Å². The Labute approximate surface area is 142 Å². The molecule has 0 bridgehead atoms. The lowest BCUT2D eigenvalue weighted by Crippen LogP contribution is -2.30. The summed E-state index contributed by atoms with van der Waals surface area (Å²) in [6.07, 6.45) is -0.840. The molecule has 0 aliphatic rings. The van der Waals surface area contributed by atoms with Crippen LogP contribution in [0, 0.1) is 0 Å². The van der Waals surface area contributed by atoms with Gasteiger partial charge in [-0.05, 0) is 48.0 Å². The minimum absolute atomic E-state index is 0. The predicted molar refractivity (Wildman–Crippen MR) is 86.8 cm³/mol. The van der Waals surface area contributed by atoms with Crippen molar-refractivity contribution < 1.29 is 34.1 Å². The van der Waals surface area contributed by atoms with E-state index in [1.807, 2.05) is 0 Å². The molecule has 4 N–H and O–H groups in total. The quantitative estimate of drug-likeness (QED) is 0.652. The first-order chi connectivity index (χ1) is 9.64. The molecule has 0 fully saturated rings. The SMILES string of the molecule is CC(C)(C)OC(=O)OC(C)(C)C.Cl.N[C@@H](CCC(=O)O)C(=O)O. The summed E-state index contributed by atoms with van der Waals surface area (Å²) in [6.45, 7) is 10.8. The Hall–Kier alpha value is -1.54. The molecule has 0 aliphatic heterocycles. The monoisotopic (exact) mass is 357 g/mol. The lowest BCUT2D eigenvalue weighted by Gasteiger charge is -2.24. The third kappa shape index (κ3) is 22.9. The van der Waals surface area contributed by atoms with E-state index in [9.17, 15) is 14.4 Å². The van der Waals surface area contributed by atoms with Gasteiger partial charge < -0.3 is 25.4 Å². The molecular weight excluding hydrogens is 330 g/mol. The molecule has 0 radical (unpaired) electrons. The molecule has 0 aromatic heterocycles. The minimum atomic E-state index is -1.17. The predicted octanol–water partition coefficient (Wildman–Crippen LogP) is 2.42. The topological polar surface area (TPSA) is 136 Å². The van der Waals surface area contributed by atoms with Gasteiger partial charge in [0.25, 0.3) is 0 Å². The summed E-state index contributed by atoms with van der Waals surface area (Å²) in [5, 5.41) is 16.3. The molecule has 0 saturated carbocycles. The summed E-state index contributed by atoms with van der Waals surface area (Å²) in [4.78, 5) is 30.9. The first-order valence-electron chi connectivity index (χ1n) is 6.76. The normalized spacial score (nSPS) is 12.0. The van der Waals surface area contributed by atoms with Crippen molar-refractivity contribution >= 4 is 30.5 Å². The molecule has 0 heterocycles.